The van der Waals surface area contributed by atoms with Gasteiger partial charge < -0.3 is 14.8 Å². The Bertz CT molecular complexity index is 1060. The van der Waals surface area contributed by atoms with Crippen molar-refractivity contribution in [3.05, 3.63) is 58.8 Å². The van der Waals surface area contributed by atoms with Gasteiger partial charge in [-0.1, -0.05) is 36.1 Å². The van der Waals surface area contributed by atoms with Crippen LogP contribution in [0, 0.1) is 5.82 Å². The summed E-state index contributed by atoms with van der Waals surface area (Å²) in [7, 11) is 0. The van der Waals surface area contributed by atoms with Gasteiger partial charge in [0, 0.05) is 18.7 Å². The number of rotatable bonds is 6. The van der Waals surface area contributed by atoms with Crippen molar-refractivity contribution in [2.45, 2.75) is 12.8 Å². The van der Waals surface area contributed by atoms with Crippen LogP contribution >= 0.6 is 24.0 Å². The van der Waals surface area contributed by atoms with E-state index in [2.05, 4.69) is 5.32 Å². The van der Waals surface area contributed by atoms with E-state index in [1.165, 1.54) is 34.9 Å². The van der Waals surface area contributed by atoms with Gasteiger partial charge in [0.15, 0.2) is 11.5 Å². The van der Waals surface area contributed by atoms with Crippen molar-refractivity contribution in [3.63, 3.8) is 0 Å². The number of anilines is 1. The van der Waals surface area contributed by atoms with E-state index in [4.69, 9.17) is 21.7 Å². The highest BCUT2D eigenvalue weighted by molar-refractivity contribution is 8.26. The average molecular weight is 445 g/mol. The molecule has 2 heterocycles. The van der Waals surface area contributed by atoms with Crippen molar-refractivity contribution in [2.75, 3.05) is 18.7 Å². The maximum atomic E-state index is 13.2. The van der Waals surface area contributed by atoms with Gasteiger partial charge in [0.25, 0.3) is 5.91 Å². The molecule has 30 heavy (non-hydrogen) atoms. The summed E-state index contributed by atoms with van der Waals surface area (Å²) < 4.78 is 24.3. The molecule has 0 aromatic heterocycles. The van der Waals surface area contributed by atoms with E-state index >= 15 is 0 Å². The van der Waals surface area contributed by atoms with Gasteiger partial charge in [-0.05, 0) is 48.4 Å². The fourth-order valence-electron chi connectivity index (χ4n) is 3.03. The third-order valence-corrected chi connectivity index (χ3v) is 5.84. The van der Waals surface area contributed by atoms with E-state index in [1.807, 2.05) is 12.1 Å². The number of nitrogens with one attached hydrogen (secondary N) is 1. The molecule has 0 saturated carbocycles. The van der Waals surface area contributed by atoms with Crippen LogP contribution in [0.4, 0.5) is 10.1 Å². The minimum atomic E-state index is -0.417. The molecule has 1 saturated heterocycles. The van der Waals surface area contributed by atoms with E-state index < -0.39 is 5.82 Å². The molecule has 4 rings (SSSR count). The zero-order valence-electron chi connectivity index (χ0n) is 15.7. The Kier molecular flexibility index (Phi) is 6.01. The van der Waals surface area contributed by atoms with Gasteiger partial charge in [0.1, 0.15) is 10.1 Å². The maximum Gasteiger partial charge on any atom is 0.266 e. The first kappa shape index (κ1) is 20.4. The van der Waals surface area contributed by atoms with Crippen molar-refractivity contribution in [2.24, 2.45) is 0 Å². The molecular weight excluding hydrogens is 427 g/mol. The first-order valence-electron chi connectivity index (χ1n) is 9.20. The molecule has 0 bridgehead atoms. The van der Waals surface area contributed by atoms with Crippen LogP contribution in [-0.2, 0) is 9.59 Å². The Balaban J connectivity index is 1.32. The van der Waals surface area contributed by atoms with Crippen LogP contribution in [0.15, 0.2) is 47.4 Å². The Morgan fingerprint density at radius 3 is 2.90 bits per heavy atom. The van der Waals surface area contributed by atoms with Crippen LogP contribution < -0.4 is 14.8 Å². The fourth-order valence-corrected chi connectivity index (χ4v) is 4.34. The summed E-state index contributed by atoms with van der Waals surface area (Å²) >= 11 is 6.56. The van der Waals surface area contributed by atoms with E-state index in [0.717, 1.165) is 5.56 Å². The third kappa shape index (κ3) is 4.63. The van der Waals surface area contributed by atoms with Crippen molar-refractivity contribution < 1.29 is 23.5 Å². The number of benzene rings is 2. The molecule has 2 aromatic rings. The molecule has 6 nitrogen and oxygen atoms in total. The monoisotopic (exact) mass is 444 g/mol. The van der Waals surface area contributed by atoms with Crippen LogP contribution in [0.25, 0.3) is 6.08 Å². The lowest BCUT2D eigenvalue weighted by Gasteiger charge is -2.14. The van der Waals surface area contributed by atoms with Crippen LogP contribution in [-0.4, -0.2) is 34.4 Å². The van der Waals surface area contributed by atoms with Crippen molar-refractivity contribution in [1.82, 2.24) is 4.90 Å². The van der Waals surface area contributed by atoms with E-state index in [9.17, 15) is 14.0 Å². The van der Waals surface area contributed by atoms with Gasteiger partial charge in [0.05, 0.1) is 4.91 Å². The number of fused-ring (bicyclic) bond motifs is 1. The summed E-state index contributed by atoms with van der Waals surface area (Å²) in [5.41, 5.74) is 1.21. The highest BCUT2D eigenvalue weighted by atomic mass is 32.2. The second-order valence-electron chi connectivity index (χ2n) is 6.61. The molecule has 154 valence electrons. The Labute approximate surface area is 182 Å². The molecule has 2 aromatic carbocycles. The molecule has 2 aliphatic rings. The van der Waals surface area contributed by atoms with Gasteiger partial charge in [-0.2, -0.15) is 0 Å². The van der Waals surface area contributed by atoms with Crippen LogP contribution in [0.2, 0.25) is 0 Å². The van der Waals surface area contributed by atoms with Gasteiger partial charge in [-0.25, -0.2) is 4.39 Å². The molecule has 0 radical (unpaired) electrons. The van der Waals surface area contributed by atoms with Crippen LogP contribution in [0.1, 0.15) is 18.4 Å². The Morgan fingerprint density at radius 1 is 1.23 bits per heavy atom. The second kappa shape index (κ2) is 8.85. The lowest BCUT2D eigenvalue weighted by Crippen LogP contribution is -2.29. The summed E-state index contributed by atoms with van der Waals surface area (Å²) in [6.45, 7) is 0.521. The minimum absolute atomic E-state index is 0.187. The predicted octanol–water partition coefficient (Wildman–Crippen LogP) is 4.17. The molecule has 0 aliphatic carbocycles. The molecule has 0 unspecified atom stereocenters. The fraction of sp³-hybridized carbons (Fsp3) is 0.190. The number of hydrogen-bond donors (Lipinski definition) is 1. The zero-order valence-corrected chi connectivity index (χ0v) is 17.4. The van der Waals surface area contributed by atoms with E-state index in [1.54, 1.807) is 18.2 Å². The molecule has 1 N–H and O–H groups in total. The standard InChI is InChI=1S/C21H17FN2O4S2/c22-14-3-1-4-15(11-14)23-19(25)5-2-8-24-20(26)18(30-21(24)29)10-13-6-7-16-17(9-13)28-12-27-16/h1,3-4,6-7,9-11H,2,5,8,12H2,(H,23,25)/b18-10-. The van der Waals surface area contributed by atoms with Gasteiger partial charge >= 0.3 is 0 Å². The highest BCUT2D eigenvalue weighted by Gasteiger charge is 2.31. The summed E-state index contributed by atoms with van der Waals surface area (Å²) in [5, 5.41) is 2.64. The molecule has 0 atom stereocenters. The van der Waals surface area contributed by atoms with Crippen molar-refractivity contribution in [3.8, 4) is 11.5 Å². The number of carbonyl (C=O) groups is 2. The first-order chi connectivity index (χ1) is 14.5. The summed E-state index contributed by atoms with van der Waals surface area (Å²) in [6, 6.07) is 11.2. The largest absolute Gasteiger partial charge is 0.454 e. The molecule has 2 aliphatic heterocycles. The van der Waals surface area contributed by atoms with Crippen molar-refractivity contribution >= 4 is 51.9 Å². The lowest BCUT2D eigenvalue weighted by molar-refractivity contribution is -0.122. The smallest absolute Gasteiger partial charge is 0.266 e. The summed E-state index contributed by atoms with van der Waals surface area (Å²) in [4.78, 5) is 26.8. The van der Waals surface area contributed by atoms with Crippen molar-refractivity contribution in [1.29, 1.82) is 0 Å². The number of thiocarbonyl (C=S) groups is 1. The number of amides is 2. The second-order valence-corrected chi connectivity index (χ2v) is 8.28. The van der Waals surface area contributed by atoms with E-state index in [0.29, 0.717) is 39.4 Å². The molecule has 9 heteroatoms. The normalized spacial score (nSPS) is 16.4. The molecule has 0 spiro atoms. The number of hydrogen-bond acceptors (Lipinski definition) is 6. The quantitative estimate of drug-likeness (QED) is 0.533. The highest BCUT2D eigenvalue weighted by Crippen LogP contribution is 2.36. The first-order valence-corrected chi connectivity index (χ1v) is 10.4. The number of ether oxygens (including phenoxy) is 2. The molecule has 1 fully saturated rings. The maximum absolute atomic E-state index is 13.2. The Morgan fingerprint density at radius 2 is 2.07 bits per heavy atom. The SMILES string of the molecule is O=C(CCCN1C(=O)/C(=C/c2ccc3c(c2)OCO3)SC1=S)Nc1cccc(F)c1. The van der Waals surface area contributed by atoms with Gasteiger partial charge in [-0.15, -0.1) is 0 Å². The average Bonchev–Trinajstić information content (AvgIpc) is 3.27. The van der Waals surface area contributed by atoms with Crippen LogP contribution in [0.3, 0.4) is 0 Å². The minimum Gasteiger partial charge on any atom is -0.454 e. The zero-order chi connectivity index (χ0) is 21.1. The predicted molar refractivity (Wildman–Crippen MR) is 117 cm³/mol. The molecule has 2 amide bonds. The summed E-state index contributed by atoms with van der Waals surface area (Å²) in [6.07, 6.45) is 2.39. The van der Waals surface area contributed by atoms with E-state index in [-0.39, 0.29) is 25.0 Å². The number of halogens is 1. The number of thioether (sulfide) groups is 1. The number of carbonyl (C=O) groups excluding carboxylic acids is 2. The van der Waals surface area contributed by atoms with Gasteiger partial charge in [-0.3, -0.25) is 14.5 Å². The molecular formula is C21H17FN2O4S2. The topological polar surface area (TPSA) is 67.9 Å². The Hall–Kier alpha value is -2.91. The summed E-state index contributed by atoms with van der Waals surface area (Å²) in [5.74, 6) is 0.467. The van der Waals surface area contributed by atoms with Crippen LogP contribution in [0.5, 0.6) is 11.5 Å². The third-order valence-electron chi connectivity index (χ3n) is 4.46. The number of nitrogens with zero attached hydrogens (tertiary/aromatic N) is 1. The van der Waals surface area contributed by atoms with Gasteiger partial charge in [0.2, 0.25) is 12.7 Å². The lowest BCUT2D eigenvalue weighted by atomic mass is 10.2.